The van der Waals surface area contributed by atoms with Crippen molar-refractivity contribution in [3.8, 4) is 0 Å². The molecule has 2 heterocycles. The minimum atomic E-state index is -0.819. The number of ether oxygens (including phenoxy) is 1. The molecular weight excluding hydrogens is 224 g/mol. The largest absolute Gasteiger partial charge is 0.481 e. The van der Waals surface area contributed by atoms with Gasteiger partial charge in [-0.2, -0.15) is 0 Å². The van der Waals surface area contributed by atoms with Gasteiger partial charge >= 0.3 is 5.97 Å². The number of carbonyl (C=O) groups is 2. The summed E-state index contributed by atoms with van der Waals surface area (Å²) in [6.45, 7) is 4.46. The predicted octanol–water partition coefficient (Wildman–Crippen LogP) is -0.846. The molecule has 2 aliphatic heterocycles. The predicted molar refractivity (Wildman–Crippen MR) is 59.5 cm³/mol. The summed E-state index contributed by atoms with van der Waals surface area (Å²) in [5.41, 5.74) is 0. The summed E-state index contributed by atoms with van der Waals surface area (Å²) in [6.07, 6.45) is 0. The van der Waals surface area contributed by atoms with Gasteiger partial charge in [0.15, 0.2) is 0 Å². The summed E-state index contributed by atoms with van der Waals surface area (Å²) in [5.74, 6) is -1.35. The fraction of sp³-hybridized carbons (Fsp3) is 0.818. The number of likely N-dealkylation sites (N-methyl/N-ethyl adjacent to an activating group) is 1. The first-order chi connectivity index (χ1) is 8.13. The van der Waals surface area contributed by atoms with Crippen LogP contribution in [0.4, 0.5) is 0 Å². The highest BCUT2D eigenvalue weighted by Gasteiger charge is 2.42. The van der Waals surface area contributed by atoms with E-state index in [0.717, 1.165) is 6.54 Å². The van der Waals surface area contributed by atoms with E-state index in [4.69, 9.17) is 9.84 Å². The lowest BCUT2D eigenvalue weighted by Gasteiger charge is -2.38. The number of rotatable bonds is 4. The Morgan fingerprint density at radius 3 is 2.71 bits per heavy atom. The van der Waals surface area contributed by atoms with Crippen LogP contribution in [0.5, 0.6) is 0 Å². The molecule has 2 saturated heterocycles. The van der Waals surface area contributed by atoms with Crippen LogP contribution < -0.4 is 5.32 Å². The summed E-state index contributed by atoms with van der Waals surface area (Å²) in [6, 6.07) is 0.0661. The van der Waals surface area contributed by atoms with Gasteiger partial charge < -0.3 is 20.1 Å². The second-order valence-electron chi connectivity index (χ2n) is 4.59. The molecule has 0 saturated carbocycles. The molecule has 1 amide bonds. The number of carboxylic acid groups (broad SMARTS) is 1. The topological polar surface area (TPSA) is 78.9 Å². The zero-order valence-electron chi connectivity index (χ0n) is 9.89. The third-order valence-electron chi connectivity index (χ3n) is 3.41. The van der Waals surface area contributed by atoms with Gasteiger partial charge in [0, 0.05) is 19.1 Å². The number of likely N-dealkylation sites (tertiary alicyclic amines) is 1. The molecule has 0 radical (unpaired) electrons. The number of amides is 1. The molecule has 0 bridgehead atoms. The van der Waals surface area contributed by atoms with Crippen molar-refractivity contribution < 1.29 is 19.4 Å². The molecule has 2 unspecified atom stereocenters. The average Bonchev–Trinajstić information content (AvgIpc) is 2.63. The Labute approximate surface area is 99.9 Å². The molecule has 0 aromatic heterocycles. The highest BCUT2D eigenvalue weighted by molar-refractivity contribution is 5.83. The highest BCUT2D eigenvalue weighted by Crippen LogP contribution is 2.23. The smallest absolute Gasteiger partial charge is 0.310 e. The third-order valence-corrected chi connectivity index (χ3v) is 3.41. The number of nitrogens with zero attached hydrogens (tertiary/aromatic N) is 1. The van der Waals surface area contributed by atoms with Gasteiger partial charge in [0.2, 0.25) is 5.91 Å². The first-order valence-electron chi connectivity index (χ1n) is 5.96. The summed E-state index contributed by atoms with van der Waals surface area (Å²) in [4.78, 5) is 24.4. The van der Waals surface area contributed by atoms with Crippen molar-refractivity contribution in [3.63, 3.8) is 0 Å². The van der Waals surface area contributed by atoms with Gasteiger partial charge in [-0.15, -0.1) is 0 Å². The Morgan fingerprint density at radius 2 is 2.12 bits per heavy atom. The number of nitrogens with one attached hydrogen (secondary N) is 1. The summed E-state index contributed by atoms with van der Waals surface area (Å²) in [7, 11) is 0. The van der Waals surface area contributed by atoms with Crippen molar-refractivity contribution in [2.75, 3.05) is 32.8 Å². The average molecular weight is 242 g/mol. The maximum absolute atomic E-state index is 12.1. The van der Waals surface area contributed by atoms with E-state index < -0.39 is 5.97 Å². The summed E-state index contributed by atoms with van der Waals surface area (Å²) in [5, 5.41) is 12.0. The number of hydrogen-bond acceptors (Lipinski definition) is 4. The quantitative estimate of drug-likeness (QED) is 0.671. The van der Waals surface area contributed by atoms with Crippen LogP contribution in [0, 0.1) is 11.8 Å². The van der Waals surface area contributed by atoms with Crippen LogP contribution in [0.25, 0.3) is 0 Å². The van der Waals surface area contributed by atoms with Crippen LogP contribution >= 0.6 is 0 Å². The third kappa shape index (κ3) is 2.42. The lowest BCUT2D eigenvalue weighted by Crippen LogP contribution is -2.57. The maximum atomic E-state index is 12.1. The molecule has 0 aromatic rings. The van der Waals surface area contributed by atoms with E-state index >= 15 is 0 Å². The Hall–Kier alpha value is -1.14. The molecular formula is C11H18N2O4. The molecule has 0 aliphatic carbocycles. The van der Waals surface area contributed by atoms with Crippen molar-refractivity contribution >= 4 is 11.9 Å². The lowest BCUT2D eigenvalue weighted by molar-refractivity contribution is -0.154. The number of aliphatic carboxylic acids is 1. The summed E-state index contributed by atoms with van der Waals surface area (Å²) < 4.78 is 5.31. The molecule has 2 atom stereocenters. The second kappa shape index (κ2) is 5.01. The fourth-order valence-electron chi connectivity index (χ4n) is 2.31. The zero-order chi connectivity index (χ0) is 12.4. The van der Waals surface area contributed by atoms with Gasteiger partial charge in [0.25, 0.3) is 0 Å². The van der Waals surface area contributed by atoms with Gasteiger partial charge in [-0.1, -0.05) is 6.92 Å². The van der Waals surface area contributed by atoms with E-state index in [9.17, 15) is 9.59 Å². The lowest BCUT2D eigenvalue weighted by atomic mass is 9.95. The highest BCUT2D eigenvalue weighted by atomic mass is 16.5. The Bertz CT molecular complexity index is 315. The summed E-state index contributed by atoms with van der Waals surface area (Å²) >= 11 is 0. The van der Waals surface area contributed by atoms with Gasteiger partial charge in [0.1, 0.15) is 0 Å². The Balaban J connectivity index is 1.86. The Kier molecular flexibility index (Phi) is 3.63. The fourth-order valence-corrected chi connectivity index (χ4v) is 2.31. The van der Waals surface area contributed by atoms with E-state index in [1.165, 1.54) is 0 Å². The number of hydrogen-bond donors (Lipinski definition) is 2. The molecule has 17 heavy (non-hydrogen) atoms. The van der Waals surface area contributed by atoms with E-state index in [1.54, 1.807) is 4.90 Å². The molecule has 96 valence electrons. The van der Waals surface area contributed by atoms with Crippen molar-refractivity contribution in [2.45, 2.75) is 13.0 Å². The van der Waals surface area contributed by atoms with Crippen molar-refractivity contribution in [1.29, 1.82) is 0 Å². The molecule has 2 N–H and O–H groups in total. The number of carboxylic acids is 1. The minimum absolute atomic E-state index is 0.0194. The SMILES string of the molecule is CCNC1COCC1C(=O)N1CC(C(=O)O)C1. The van der Waals surface area contributed by atoms with Crippen LogP contribution in [-0.4, -0.2) is 60.8 Å². The van der Waals surface area contributed by atoms with E-state index in [2.05, 4.69) is 5.32 Å². The molecule has 0 aromatic carbocycles. The van der Waals surface area contributed by atoms with Crippen molar-refractivity contribution in [3.05, 3.63) is 0 Å². The van der Waals surface area contributed by atoms with Crippen LogP contribution in [0.3, 0.4) is 0 Å². The van der Waals surface area contributed by atoms with Crippen LogP contribution in [-0.2, 0) is 14.3 Å². The van der Waals surface area contributed by atoms with E-state index in [-0.39, 0.29) is 23.8 Å². The van der Waals surface area contributed by atoms with Gasteiger partial charge in [-0.3, -0.25) is 9.59 Å². The van der Waals surface area contributed by atoms with E-state index in [0.29, 0.717) is 26.3 Å². The zero-order valence-corrected chi connectivity index (χ0v) is 9.89. The standard InChI is InChI=1S/C11H18N2O4/c1-2-12-9-6-17-5-8(9)10(14)13-3-7(4-13)11(15)16/h7-9,12H,2-6H2,1H3,(H,15,16). The van der Waals surface area contributed by atoms with Crippen molar-refractivity contribution in [2.24, 2.45) is 11.8 Å². The Morgan fingerprint density at radius 1 is 1.41 bits per heavy atom. The molecule has 2 aliphatic rings. The van der Waals surface area contributed by atoms with Crippen LogP contribution in [0.1, 0.15) is 6.92 Å². The van der Waals surface area contributed by atoms with Gasteiger partial charge in [0.05, 0.1) is 25.0 Å². The van der Waals surface area contributed by atoms with E-state index in [1.807, 2.05) is 6.92 Å². The monoisotopic (exact) mass is 242 g/mol. The van der Waals surface area contributed by atoms with Gasteiger partial charge in [-0.25, -0.2) is 0 Å². The molecule has 6 nitrogen and oxygen atoms in total. The second-order valence-corrected chi connectivity index (χ2v) is 4.59. The first kappa shape index (κ1) is 12.3. The number of carbonyl (C=O) groups excluding carboxylic acids is 1. The first-order valence-corrected chi connectivity index (χ1v) is 5.96. The molecule has 6 heteroatoms. The van der Waals surface area contributed by atoms with Crippen LogP contribution in [0.2, 0.25) is 0 Å². The normalized spacial score (nSPS) is 29.1. The molecule has 0 spiro atoms. The van der Waals surface area contributed by atoms with Crippen molar-refractivity contribution in [1.82, 2.24) is 10.2 Å². The molecule has 2 fully saturated rings. The minimum Gasteiger partial charge on any atom is -0.481 e. The van der Waals surface area contributed by atoms with Gasteiger partial charge in [-0.05, 0) is 6.54 Å². The van der Waals surface area contributed by atoms with Crippen LogP contribution in [0.15, 0.2) is 0 Å². The molecule has 2 rings (SSSR count). The maximum Gasteiger partial charge on any atom is 0.310 e.